The molecular formula is C10H23O2P. The van der Waals surface area contributed by atoms with Crippen LogP contribution in [0.4, 0.5) is 0 Å². The third kappa shape index (κ3) is 14.7. The molecule has 0 saturated carbocycles. The third-order valence-corrected chi connectivity index (χ3v) is 4.86. The highest BCUT2D eigenvalue weighted by molar-refractivity contribution is 7.57. The maximum absolute atomic E-state index is 8.36. The lowest BCUT2D eigenvalue weighted by Gasteiger charge is -2.13. The topological polar surface area (TPSA) is 37.3 Å². The first-order valence-electron chi connectivity index (χ1n) is 5.06. The van der Waals surface area contributed by atoms with E-state index in [1.54, 1.807) is 0 Å². The van der Waals surface area contributed by atoms with Crippen LogP contribution < -0.4 is 0 Å². The summed E-state index contributed by atoms with van der Waals surface area (Å²) >= 11 is 0. The predicted octanol–water partition coefficient (Wildman–Crippen LogP) is 3.40. The van der Waals surface area contributed by atoms with E-state index in [0.717, 1.165) is 0 Å². The van der Waals surface area contributed by atoms with Gasteiger partial charge in [-0.2, -0.15) is 0 Å². The lowest BCUT2D eigenvalue weighted by molar-refractivity contribution is -0.122. The second-order valence-electron chi connectivity index (χ2n) is 2.95. The van der Waals surface area contributed by atoms with Gasteiger partial charge in [-0.05, 0) is 18.5 Å². The van der Waals surface area contributed by atoms with Gasteiger partial charge in [-0.3, -0.25) is 4.79 Å². The van der Waals surface area contributed by atoms with Crippen molar-refractivity contribution >= 4 is 14.4 Å². The van der Waals surface area contributed by atoms with Gasteiger partial charge >= 0.3 is 0 Å². The van der Waals surface area contributed by atoms with Gasteiger partial charge in [0, 0.05) is 0 Å². The Hall–Kier alpha value is -0.100. The molecule has 13 heavy (non-hydrogen) atoms. The van der Waals surface area contributed by atoms with Gasteiger partial charge in [0.2, 0.25) is 0 Å². The zero-order valence-electron chi connectivity index (χ0n) is 9.12. The fourth-order valence-electron chi connectivity index (χ4n) is 1.28. The Bertz CT molecular complexity index is 82.7. The van der Waals surface area contributed by atoms with Crippen molar-refractivity contribution in [3.8, 4) is 0 Å². The molecule has 0 saturated heterocycles. The molecule has 80 valence electrons. The molecule has 0 unspecified atom stereocenters. The molecule has 0 aliphatic carbocycles. The van der Waals surface area contributed by atoms with Gasteiger partial charge in [0.15, 0.2) is 0 Å². The molecule has 0 atom stereocenters. The highest BCUT2D eigenvalue weighted by Crippen LogP contribution is 2.37. The number of rotatable bonds is 6. The zero-order chi connectivity index (χ0) is 10.5. The number of carboxylic acid groups (broad SMARTS) is 1. The van der Waals surface area contributed by atoms with E-state index in [0.29, 0.717) is 7.92 Å². The van der Waals surface area contributed by atoms with Crippen LogP contribution in [0.3, 0.4) is 0 Å². The normalized spacial score (nSPS) is 9.23. The summed E-state index contributed by atoms with van der Waals surface area (Å²) in [7, 11) is 0.439. The molecule has 0 bridgehead atoms. The summed E-state index contributed by atoms with van der Waals surface area (Å²) in [6, 6.07) is 0. The van der Waals surface area contributed by atoms with Crippen LogP contribution in [0, 0.1) is 0 Å². The fraction of sp³-hybridized carbons (Fsp3) is 0.900. The van der Waals surface area contributed by atoms with E-state index >= 15 is 0 Å². The molecule has 0 aliphatic rings. The molecule has 0 spiro atoms. The molecule has 0 rings (SSSR count). The van der Waals surface area contributed by atoms with E-state index in [9.17, 15) is 0 Å². The number of carbonyl (C=O) groups is 1. The van der Waals surface area contributed by atoms with Crippen LogP contribution in [0.15, 0.2) is 0 Å². The van der Waals surface area contributed by atoms with Gasteiger partial charge in [-0.25, -0.2) is 0 Å². The van der Waals surface area contributed by atoms with E-state index < -0.39 is 0 Å². The summed E-state index contributed by atoms with van der Waals surface area (Å²) in [6.07, 6.45) is 8.72. The van der Waals surface area contributed by atoms with Crippen LogP contribution >= 0.6 is 7.92 Å². The van der Waals surface area contributed by atoms with Crippen LogP contribution in [-0.4, -0.2) is 30.1 Å². The van der Waals surface area contributed by atoms with Crippen LogP contribution in [0.1, 0.15) is 40.0 Å². The van der Waals surface area contributed by atoms with Crippen molar-refractivity contribution in [2.24, 2.45) is 0 Å². The maximum Gasteiger partial charge on any atom is 0.290 e. The van der Waals surface area contributed by atoms with Crippen molar-refractivity contribution in [1.82, 2.24) is 0 Å². The Kier molecular flexibility index (Phi) is 17.1. The van der Waals surface area contributed by atoms with E-state index in [1.165, 1.54) is 37.7 Å². The van der Waals surface area contributed by atoms with Crippen molar-refractivity contribution in [1.29, 1.82) is 0 Å². The first-order chi connectivity index (χ1) is 6.26. The zero-order valence-corrected chi connectivity index (χ0v) is 10.0. The van der Waals surface area contributed by atoms with E-state index in [2.05, 4.69) is 20.8 Å². The molecular weight excluding hydrogens is 183 g/mol. The Labute approximate surface area is 83.5 Å². The molecule has 0 heterocycles. The van der Waals surface area contributed by atoms with Crippen LogP contribution in [0.2, 0.25) is 0 Å². The lowest BCUT2D eigenvalue weighted by atomic mass is 10.6. The Morgan fingerprint density at radius 1 is 1.00 bits per heavy atom. The molecule has 1 N–H and O–H groups in total. The largest absolute Gasteiger partial charge is 0.483 e. The summed E-state index contributed by atoms with van der Waals surface area (Å²) in [5.74, 6) is 0. The van der Waals surface area contributed by atoms with E-state index in [-0.39, 0.29) is 6.47 Å². The van der Waals surface area contributed by atoms with Crippen molar-refractivity contribution < 1.29 is 9.90 Å². The predicted molar refractivity (Wildman–Crippen MR) is 61.1 cm³/mol. The highest BCUT2D eigenvalue weighted by atomic mass is 31.1. The fourth-order valence-corrected chi connectivity index (χ4v) is 3.85. The Balaban J connectivity index is 0. The van der Waals surface area contributed by atoms with Crippen molar-refractivity contribution in [3.05, 3.63) is 0 Å². The van der Waals surface area contributed by atoms with Gasteiger partial charge in [0.05, 0.1) is 0 Å². The van der Waals surface area contributed by atoms with E-state index in [1.807, 2.05) is 0 Å². The molecule has 0 amide bonds. The molecule has 0 aliphatic heterocycles. The van der Waals surface area contributed by atoms with Crippen molar-refractivity contribution in [2.45, 2.75) is 40.0 Å². The summed E-state index contributed by atoms with van der Waals surface area (Å²) in [5, 5.41) is 6.89. The lowest BCUT2D eigenvalue weighted by Crippen LogP contribution is -1.92. The minimum absolute atomic E-state index is 0.250. The minimum Gasteiger partial charge on any atom is -0.483 e. The minimum atomic E-state index is -0.250. The Morgan fingerprint density at radius 2 is 1.23 bits per heavy atom. The van der Waals surface area contributed by atoms with Crippen LogP contribution in [-0.2, 0) is 4.79 Å². The standard InChI is InChI=1S/C9H21P.CH2O2/c1-4-7-10(8-5-2)9-6-3;2-1-3/h4-9H2,1-3H3;1H,(H,2,3). The molecule has 2 nitrogen and oxygen atoms in total. The summed E-state index contributed by atoms with van der Waals surface area (Å²) in [6.45, 7) is 6.67. The summed E-state index contributed by atoms with van der Waals surface area (Å²) < 4.78 is 0. The molecule has 0 fully saturated rings. The van der Waals surface area contributed by atoms with Gasteiger partial charge in [-0.15, -0.1) is 7.92 Å². The van der Waals surface area contributed by atoms with Crippen LogP contribution in [0.25, 0.3) is 0 Å². The number of hydrogen-bond acceptors (Lipinski definition) is 1. The van der Waals surface area contributed by atoms with Gasteiger partial charge in [0.1, 0.15) is 0 Å². The SMILES string of the molecule is CCCP(CCC)CCC.O=CO. The van der Waals surface area contributed by atoms with E-state index in [4.69, 9.17) is 9.90 Å². The molecule has 0 aromatic rings. The Morgan fingerprint density at radius 3 is 1.38 bits per heavy atom. The van der Waals surface area contributed by atoms with Gasteiger partial charge < -0.3 is 5.11 Å². The van der Waals surface area contributed by atoms with Gasteiger partial charge in [0.25, 0.3) is 6.47 Å². The highest BCUT2D eigenvalue weighted by Gasteiger charge is 2.02. The molecule has 0 radical (unpaired) electrons. The molecule has 0 aromatic heterocycles. The summed E-state index contributed by atoms with van der Waals surface area (Å²) in [5.41, 5.74) is 0. The third-order valence-electron chi connectivity index (χ3n) is 1.62. The number of hydrogen-bond donors (Lipinski definition) is 1. The average molecular weight is 206 g/mol. The quantitative estimate of drug-likeness (QED) is 0.534. The summed E-state index contributed by atoms with van der Waals surface area (Å²) in [4.78, 5) is 8.36. The molecule has 0 aromatic carbocycles. The molecule has 3 heteroatoms. The van der Waals surface area contributed by atoms with Crippen molar-refractivity contribution in [2.75, 3.05) is 18.5 Å². The van der Waals surface area contributed by atoms with Crippen molar-refractivity contribution in [3.63, 3.8) is 0 Å². The second-order valence-corrected chi connectivity index (χ2v) is 5.63. The maximum atomic E-state index is 8.36. The van der Waals surface area contributed by atoms with Gasteiger partial charge in [-0.1, -0.05) is 40.0 Å². The second kappa shape index (κ2) is 14.4. The first-order valence-corrected chi connectivity index (χ1v) is 6.96. The van der Waals surface area contributed by atoms with Crippen LogP contribution in [0.5, 0.6) is 0 Å². The smallest absolute Gasteiger partial charge is 0.290 e. The first kappa shape index (κ1) is 15.4. The average Bonchev–Trinajstić information content (AvgIpc) is 2.07. The monoisotopic (exact) mass is 206 g/mol.